The molecule has 1 amide bonds. The van der Waals surface area contributed by atoms with Crippen LogP contribution in [-0.4, -0.2) is 48.8 Å². The molecule has 0 spiro atoms. The van der Waals surface area contributed by atoms with Gasteiger partial charge in [-0.3, -0.25) is 4.79 Å². The van der Waals surface area contributed by atoms with Crippen LogP contribution in [0.1, 0.15) is 25.3 Å². The van der Waals surface area contributed by atoms with E-state index in [-0.39, 0.29) is 19.1 Å². The number of rotatable bonds is 10. The number of carboxylic acids is 1. The molecule has 1 N–H and O–H groups in total. The second kappa shape index (κ2) is 9.78. The van der Waals surface area contributed by atoms with Crippen molar-refractivity contribution in [1.29, 1.82) is 0 Å². The van der Waals surface area contributed by atoms with Crippen molar-refractivity contribution in [1.82, 2.24) is 4.90 Å². The zero-order valence-corrected chi connectivity index (χ0v) is 13.1. The van der Waals surface area contributed by atoms with Gasteiger partial charge in [0, 0.05) is 20.2 Å². The lowest BCUT2D eigenvalue weighted by atomic mass is 10.2. The molecule has 1 aromatic rings. The summed E-state index contributed by atoms with van der Waals surface area (Å²) in [5, 5.41) is 8.53. The zero-order chi connectivity index (χ0) is 16.4. The second-order valence-corrected chi connectivity index (χ2v) is 4.98. The Balaban J connectivity index is 2.38. The predicted molar refractivity (Wildman–Crippen MR) is 81.8 cm³/mol. The quantitative estimate of drug-likeness (QED) is 0.668. The molecule has 1 rings (SSSR count). The number of carbonyl (C=O) groups excluding carboxylic acids is 1. The van der Waals surface area contributed by atoms with Gasteiger partial charge in [0.15, 0.2) is 6.61 Å². The molecule has 0 heterocycles. The van der Waals surface area contributed by atoms with E-state index >= 15 is 0 Å². The average Bonchev–Trinajstić information content (AvgIpc) is 2.50. The molecular formula is C16H23NO5. The van der Waals surface area contributed by atoms with Crippen molar-refractivity contribution in [3.63, 3.8) is 0 Å². The second-order valence-electron chi connectivity index (χ2n) is 4.98. The maximum Gasteiger partial charge on any atom is 0.341 e. The maximum absolute atomic E-state index is 11.9. The number of amides is 1. The molecule has 0 fully saturated rings. The van der Waals surface area contributed by atoms with E-state index in [4.69, 9.17) is 14.6 Å². The minimum Gasteiger partial charge on any atom is -0.482 e. The Kier molecular flexibility index (Phi) is 7.99. The van der Waals surface area contributed by atoms with Gasteiger partial charge in [-0.05, 0) is 24.1 Å². The first kappa shape index (κ1) is 18.0. The molecule has 0 bridgehead atoms. The van der Waals surface area contributed by atoms with Gasteiger partial charge >= 0.3 is 5.97 Å². The average molecular weight is 309 g/mol. The fraction of sp³-hybridized carbons (Fsp3) is 0.500. The standard InChI is InChI=1S/C16H23NO5/c1-3-4-9-21-11-15(18)17(2)10-13-5-7-14(8-6-13)22-12-16(19)20/h5-8H,3-4,9-12H2,1-2H3,(H,19,20). The van der Waals surface area contributed by atoms with Crippen LogP contribution in [0.25, 0.3) is 0 Å². The Morgan fingerprint density at radius 1 is 1.18 bits per heavy atom. The van der Waals surface area contributed by atoms with Gasteiger partial charge in [-0.2, -0.15) is 0 Å². The number of benzene rings is 1. The number of unbranched alkanes of at least 4 members (excludes halogenated alkanes) is 1. The van der Waals surface area contributed by atoms with E-state index in [2.05, 4.69) is 6.92 Å². The summed E-state index contributed by atoms with van der Waals surface area (Å²) >= 11 is 0. The van der Waals surface area contributed by atoms with E-state index in [1.165, 1.54) is 0 Å². The molecular weight excluding hydrogens is 286 g/mol. The topological polar surface area (TPSA) is 76.1 Å². The first-order valence-electron chi connectivity index (χ1n) is 7.28. The summed E-state index contributed by atoms with van der Waals surface area (Å²) in [4.78, 5) is 23.9. The Labute approximate surface area is 130 Å². The van der Waals surface area contributed by atoms with Crippen molar-refractivity contribution in [3.05, 3.63) is 29.8 Å². The van der Waals surface area contributed by atoms with Gasteiger partial charge in [-0.1, -0.05) is 25.5 Å². The fourth-order valence-electron chi connectivity index (χ4n) is 1.71. The largest absolute Gasteiger partial charge is 0.482 e. The lowest BCUT2D eigenvalue weighted by Crippen LogP contribution is -2.30. The number of aliphatic carboxylic acids is 1. The molecule has 122 valence electrons. The van der Waals surface area contributed by atoms with Crippen molar-refractivity contribution < 1.29 is 24.2 Å². The number of nitrogens with zero attached hydrogens (tertiary/aromatic N) is 1. The number of carboxylic acid groups (broad SMARTS) is 1. The summed E-state index contributed by atoms with van der Waals surface area (Å²) < 4.78 is 10.4. The van der Waals surface area contributed by atoms with Crippen LogP contribution < -0.4 is 4.74 Å². The molecule has 0 aliphatic carbocycles. The Bertz CT molecular complexity index is 472. The predicted octanol–water partition coefficient (Wildman–Crippen LogP) is 1.93. The van der Waals surface area contributed by atoms with Crippen LogP contribution in [0.2, 0.25) is 0 Å². The van der Waals surface area contributed by atoms with E-state index < -0.39 is 5.97 Å². The molecule has 0 aromatic heterocycles. The lowest BCUT2D eigenvalue weighted by molar-refractivity contribution is -0.139. The minimum absolute atomic E-state index is 0.0673. The van der Waals surface area contributed by atoms with Crippen LogP contribution in [0.3, 0.4) is 0 Å². The number of ether oxygens (including phenoxy) is 2. The van der Waals surface area contributed by atoms with E-state index in [0.29, 0.717) is 18.9 Å². The molecule has 0 aliphatic heterocycles. The fourth-order valence-corrected chi connectivity index (χ4v) is 1.71. The third-order valence-electron chi connectivity index (χ3n) is 3.00. The number of hydrogen-bond donors (Lipinski definition) is 1. The van der Waals surface area contributed by atoms with Crippen molar-refractivity contribution in [2.75, 3.05) is 26.9 Å². The van der Waals surface area contributed by atoms with Gasteiger partial charge in [-0.25, -0.2) is 4.79 Å². The molecule has 0 saturated carbocycles. The number of likely N-dealkylation sites (N-methyl/N-ethyl adjacent to an activating group) is 1. The van der Waals surface area contributed by atoms with Gasteiger partial charge in [0.25, 0.3) is 0 Å². The lowest BCUT2D eigenvalue weighted by Gasteiger charge is -2.17. The highest BCUT2D eigenvalue weighted by atomic mass is 16.5. The zero-order valence-electron chi connectivity index (χ0n) is 13.1. The van der Waals surface area contributed by atoms with Gasteiger partial charge in [0.05, 0.1) is 0 Å². The molecule has 0 saturated heterocycles. The van der Waals surface area contributed by atoms with E-state index in [1.807, 2.05) is 0 Å². The van der Waals surface area contributed by atoms with Gasteiger partial charge in [0.1, 0.15) is 12.4 Å². The molecule has 22 heavy (non-hydrogen) atoms. The normalized spacial score (nSPS) is 10.3. The van der Waals surface area contributed by atoms with Gasteiger partial charge < -0.3 is 19.5 Å². The highest BCUT2D eigenvalue weighted by Crippen LogP contribution is 2.13. The van der Waals surface area contributed by atoms with Gasteiger partial charge in [-0.15, -0.1) is 0 Å². The summed E-state index contributed by atoms with van der Waals surface area (Å²) in [6.07, 6.45) is 2.00. The SMILES string of the molecule is CCCCOCC(=O)N(C)Cc1ccc(OCC(=O)O)cc1. The third-order valence-corrected chi connectivity index (χ3v) is 3.00. The van der Waals surface area contributed by atoms with Crippen molar-refractivity contribution in [2.45, 2.75) is 26.3 Å². The van der Waals surface area contributed by atoms with E-state index in [0.717, 1.165) is 18.4 Å². The summed E-state index contributed by atoms with van der Waals surface area (Å²) in [7, 11) is 1.72. The molecule has 0 unspecified atom stereocenters. The van der Waals surface area contributed by atoms with E-state index in [9.17, 15) is 9.59 Å². The Hall–Kier alpha value is -2.08. The smallest absolute Gasteiger partial charge is 0.341 e. The van der Waals surface area contributed by atoms with E-state index in [1.54, 1.807) is 36.2 Å². The first-order chi connectivity index (χ1) is 10.5. The Morgan fingerprint density at radius 3 is 2.45 bits per heavy atom. The van der Waals surface area contributed by atoms with Gasteiger partial charge in [0.2, 0.25) is 5.91 Å². The van der Waals surface area contributed by atoms with Crippen LogP contribution in [0, 0.1) is 0 Å². The number of carbonyl (C=O) groups is 2. The summed E-state index contributed by atoms with van der Waals surface area (Å²) in [5.41, 5.74) is 0.937. The van der Waals surface area contributed by atoms with Crippen molar-refractivity contribution in [3.8, 4) is 5.75 Å². The molecule has 1 aromatic carbocycles. The van der Waals surface area contributed by atoms with Crippen LogP contribution >= 0.6 is 0 Å². The van der Waals surface area contributed by atoms with Crippen molar-refractivity contribution >= 4 is 11.9 Å². The van der Waals surface area contributed by atoms with Crippen LogP contribution in [-0.2, 0) is 20.9 Å². The molecule has 0 atom stereocenters. The van der Waals surface area contributed by atoms with Crippen LogP contribution in [0.15, 0.2) is 24.3 Å². The maximum atomic E-state index is 11.9. The Morgan fingerprint density at radius 2 is 1.86 bits per heavy atom. The van der Waals surface area contributed by atoms with Crippen LogP contribution in [0.4, 0.5) is 0 Å². The highest BCUT2D eigenvalue weighted by molar-refractivity contribution is 5.77. The third kappa shape index (κ3) is 7.08. The van der Waals surface area contributed by atoms with Crippen LogP contribution in [0.5, 0.6) is 5.75 Å². The summed E-state index contributed by atoms with van der Waals surface area (Å²) in [6.45, 7) is 2.87. The minimum atomic E-state index is -1.02. The summed E-state index contributed by atoms with van der Waals surface area (Å²) in [6, 6.07) is 6.99. The molecule has 0 radical (unpaired) electrons. The molecule has 6 nitrogen and oxygen atoms in total. The first-order valence-corrected chi connectivity index (χ1v) is 7.28. The molecule has 0 aliphatic rings. The molecule has 6 heteroatoms. The number of hydrogen-bond acceptors (Lipinski definition) is 4. The highest BCUT2D eigenvalue weighted by Gasteiger charge is 2.09. The van der Waals surface area contributed by atoms with Crippen molar-refractivity contribution in [2.24, 2.45) is 0 Å². The monoisotopic (exact) mass is 309 g/mol. The summed E-state index contributed by atoms with van der Waals surface area (Å²) in [5.74, 6) is -0.595.